The van der Waals surface area contributed by atoms with Crippen LogP contribution in [0.4, 0.5) is 5.69 Å². The molecular weight excluding hydrogens is 404 g/mol. The van der Waals surface area contributed by atoms with Gasteiger partial charge in [-0.05, 0) is 60.9 Å². The molecule has 0 aromatic heterocycles. The highest BCUT2D eigenvalue weighted by molar-refractivity contribution is 7.89. The number of nitrogens with one attached hydrogen (secondary N) is 1. The zero-order valence-electron chi connectivity index (χ0n) is 17.3. The number of benzene rings is 2. The van der Waals surface area contributed by atoms with Gasteiger partial charge in [-0.1, -0.05) is 12.1 Å². The molecule has 1 amide bonds. The van der Waals surface area contributed by atoms with Crippen LogP contribution in [0.2, 0.25) is 0 Å². The van der Waals surface area contributed by atoms with Crippen molar-refractivity contribution >= 4 is 27.7 Å². The van der Waals surface area contributed by atoms with Crippen LogP contribution in [0.1, 0.15) is 16.7 Å². The number of carbonyl (C=O) groups is 1. The van der Waals surface area contributed by atoms with Gasteiger partial charge in [0.2, 0.25) is 15.9 Å². The third-order valence-corrected chi connectivity index (χ3v) is 6.90. The molecule has 0 aliphatic carbocycles. The Labute approximate surface area is 177 Å². The van der Waals surface area contributed by atoms with Crippen molar-refractivity contribution in [2.45, 2.75) is 18.7 Å². The average molecular weight is 431 g/mol. The Bertz CT molecular complexity index is 1060. The Hall–Kier alpha value is -2.68. The van der Waals surface area contributed by atoms with Gasteiger partial charge in [0.1, 0.15) is 10.6 Å². The summed E-state index contributed by atoms with van der Waals surface area (Å²) in [5.41, 5.74) is 3.52. The lowest BCUT2D eigenvalue weighted by Gasteiger charge is -2.26. The maximum absolute atomic E-state index is 13.0. The number of amides is 1. The second-order valence-electron chi connectivity index (χ2n) is 7.05. The second-order valence-corrected chi connectivity index (χ2v) is 8.95. The molecular formula is C22H26N2O5S. The molecule has 1 saturated heterocycles. The van der Waals surface area contributed by atoms with Crippen molar-refractivity contribution in [3.63, 3.8) is 0 Å². The molecule has 0 spiro atoms. The zero-order chi connectivity index (χ0) is 21.7. The van der Waals surface area contributed by atoms with Gasteiger partial charge in [0, 0.05) is 24.9 Å². The van der Waals surface area contributed by atoms with E-state index in [1.54, 1.807) is 18.2 Å². The Balaban J connectivity index is 1.80. The number of hydrogen-bond acceptors (Lipinski definition) is 5. The fourth-order valence-corrected chi connectivity index (χ4v) is 4.70. The normalized spacial score (nSPS) is 15.3. The van der Waals surface area contributed by atoms with E-state index in [2.05, 4.69) is 5.32 Å². The predicted octanol–water partition coefficient (Wildman–Crippen LogP) is 2.98. The van der Waals surface area contributed by atoms with Crippen LogP contribution in [0.15, 0.2) is 47.4 Å². The Morgan fingerprint density at radius 1 is 1.10 bits per heavy atom. The molecule has 160 valence electrons. The van der Waals surface area contributed by atoms with Crippen molar-refractivity contribution in [2.24, 2.45) is 0 Å². The first-order valence-electron chi connectivity index (χ1n) is 9.63. The van der Waals surface area contributed by atoms with E-state index in [4.69, 9.17) is 9.47 Å². The Morgan fingerprint density at radius 2 is 1.83 bits per heavy atom. The minimum atomic E-state index is -3.73. The Morgan fingerprint density at radius 3 is 2.50 bits per heavy atom. The lowest BCUT2D eigenvalue weighted by molar-refractivity contribution is -0.111. The third kappa shape index (κ3) is 5.08. The van der Waals surface area contributed by atoms with Gasteiger partial charge in [-0.25, -0.2) is 8.42 Å². The molecule has 0 radical (unpaired) electrons. The summed E-state index contributed by atoms with van der Waals surface area (Å²) in [6.45, 7) is 5.30. The third-order valence-electron chi connectivity index (χ3n) is 4.98. The summed E-state index contributed by atoms with van der Waals surface area (Å²) in [7, 11) is -2.30. The number of rotatable bonds is 6. The monoisotopic (exact) mass is 430 g/mol. The second kappa shape index (κ2) is 9.42. The molecule has 0 atom stereocenters. The summed E-state index contributed by atoms with van der Waals surface area (Å²) in [5.74, 6) is -0.0371. The van der Waals surface area contributed by atoms with Gasteiger partial charge < -0.3 is 14.8 Å². The van der Waals surface area contributed by atoms with E-state index in [1.165, 1.54) is 23.6 Å². The van der Waals surface area contributed by atoms with Gasteiger partial charge in [-0.3, -0.25) is 4.79 Å². The van der Waals surface area contributed by atoms with Gasteiger partial charge in [0.25, 0.3) is 0 Å². The molecule has 1 N–H and O–H groups in total. The molecule has 1 fully saturated rings. The number of methoxy groups -OCH3 is 1. The van der Waals surface area contributed by atoms with E-state index in [-0.39, 0.29) is 16.6 Å². The molecule has 1 heterocycles. The zero-order valence-corrected chi connectivity index (χ0v) is 18.2. The maximum atomic E-state index is 13.0. The largest absolute Gasteiger partial charge is 0.495 e. The van der Waals surface area contributed by atoms with Gasteiger partial charge in [0.15, 0.2) is 0 Å². The van der Waals surface area contributed by atoms with Gasteiger partial charge in [0.05, 0.1) is 20.3 Å². The van der Waals surface area contributed by atoms with E-state index in [9.17, 15) is 13.2 Å². The average Bonchev–Trinajstić information content (AvgIpc) is 2.75. The highest BCUT2D eigenvalue weighted by Crippen LogP contribution is 2.29. The molecule has 0 bridgehead atoms. The number of aryl methyl sites for hydroxylation is 2. The molecule has 7 nitrogen and oxygen atoms in total. The fraction of sp³-hybridized carbons (Fsp3) is 0.318. The lowest BCUT2D eigenvalue weighted by Crippen LogP contribution is -2.40. The van der Waals surface area contributed by atoms with E-state index >= 15 is 0 Å². The van der Waals surface area contributed by atoms with Crippen LogP contribution < -0.4 is 10.1 Å². The summed E-state index contributed by atoms with van der Waals surface area (Å²) in [6.07, 6.45) is 2.95. The first-order valence-corrected chi connectivity index (χ1v) is 11.1. The summed E-state index contributed by atoms with van der Waals surface area (Å²) in [6, 6.07) is 10.5. The molecule has 8 heteroatoms. The van der Waals surface area contributed by atoms with Crippen LogP contribution in [0.3, 0.4) is 0 Å². The smallest absolute Gasteiger partial charge is 0.248 e. The van der Waals surface area contributed by atoms with Gasteiger partial charge >= 0.3 is 0 Å². The van der Waals surface area contributed by atoms with Crippen LogP contribution in [-0.4, -0.2) is 52.0 Å². The van der Waals surface area contributed by atoms with Crippen molar-refractivity contribution in [2.75, 3.05) is 38.7 Å². The van der Waals surface area contributed by atoms with Crippen molar-refractivity contribution in [1.82, 2.24) is 4.31 Å². The van der Waals surface area contributed by atoms with E-state index in [0.717, 1.165) is 11.1 Å². The molecule has 0 unspecified atom stereocenters. The van der Waals surface area contributed by atoms with Gasteiger partial charge in [-0.15, -0.1) is 0 Å². The van der Waals surface area contributed by atoms with Crippen LogP contribution in [0.25, 0.3) is 6.08 Å². The van der Waals surface area contributed by atoms with Crippen LogP contribution in [0.5, 0.6) is 5.75 Å². The van der Waals surface area contributed by atoms with E-state index in [0.29, 0.717) is 37.6 Å². The lowest BCUT2D eigenvalue weighted by atomic mass is 10.1. The number of morpholine rings is 1. The minimum absolute atomic E-state index is 0.0728. The van der Waals surface area contributed by atoms with E-state index in [1.807, 2.05) is 32.0 Å². The maximum Gasteiger partial charge on any atom is 0.248 e. The first-order chi connectivity index (χ1) is 14.3. The summed E-state index contributed by atoms with van der Waals surface area (Å²) in [4.78, 5) is 12.3. The van der Waals surface area contributed by atoms with Gasteiger partial charge in [-0.2, -0.15) is 4.31 Å². The highest BCUT2D eigenvalue weighted by atomic mass is 32.2. The quantitative estimate of drug-likeness (QED) is 0.712. The predicted molar refractivity (Wildman–Crippen MR) is 116 cm³/mol. The van der Waals surface area contributed by atoms with E-state index < -0.39 is 10.0 Å². The Kier molecular flexibility index (Phi) is 6.91. The SMILES string of the molecule is COc1ccc(C=CC(=O)Nc2ccc(C)c(C)c2)cc1S(=O)(=O)N1CCOCC1. The van der Waals surface area contributed by atoms with Crippen molar-refractivity contribution in [3.05, 3.63) is 59.2 Å². The van der Waals surface area contributed by atoms with Crippen LogP contribution >= 0.6 is 0 Å². The molecule has 0 saturated carbocycles. The number of anilines is 1. The number of hydrogen-bond donors (Lipinski definition) is 1. The minimum Gasteiger partial charge on any atom is -0.495 e. The standard InChI is InChI=1S/C22H26N2O5S/c1-16-4-7-19(14-17(16)2)23-22(25)9-6-18-5-8-20(28-3)21(15-18)30(26,27)24-10-12-29-13-11-24/h4-9,14-15H,10-13H2,1-3H3,(H,23,25). The van der Waals surface area contributed by atoms with Crippen LogP contribution in [-0.2, 0) is 19.6 Å². The fourth-order valence-electron chi connectivity index (χ4n) is 3.10. The van der Waals surface area contributed by atoms with Crippen LogP contribution in [0, 0.1) is 13.8 Å². The number of sulfonamides is 1. The van der Waals surface area contributed by atoms with Crippen molar-refractivity contribution < 1.29 is 22.7 Å². The molecule has 30 heavy (non-hydrogen) atoms. The summed E-state index contributed by atoms with van der Waals surface area (Å²) in [5, 5.41) is 2.81. The molecule has 2 aromatic rings. The topological polar surface area (TPSA) is 84.9 Å². The summed E-state index contributed by atoms with van der Waals surface area (Å²) >= 11 is 0. The molecule has 1 aliphatic heterocycles. The molecule has 2 aromatic carbocycles. The first kappa shape index (κ1) is 22.0. The summed E-state index contributed by atoms with van der Waals surface area (Å²) < 4.78 is 38.0. The molecule has 3 rings (SSSR count). The number of nitrogens with zero attached hydrogens (tertiary/aromatic N) is 1. The highest BCUT2D eigenvalue weighted by Gasteiger charge is 2.29. The number of ether oxygens (including phenoxy) is 2. The van der Waals surface area contributed by atoms with Crippen molar-refractivity contribution in [1.29, 1.82) is 0 Å². The molecule has 1 aliphatic rings. The number of carbonyl (C=O) groups excluding carboxylic acids is 1. The van der Waals surface area contributed by atoms with Crippen molar-refractivity contribution in [3.8, 4) is 5.75 Å².